The van der Waals surface area contributed by atoms with Crippen LogP contribution in [-0.4, -0.2) is 4.98 Å². The lowest BCUT2D eigenvalue weighted by Gasteiger charge is -2.22. The van der Waals surface area contributed by atoms with Gasteiger partial charge in [-0.3, -0.25) is 0 Å². The number of para-hydroxylation sites is 1. The maximum atomic E-state index is 3.62. The Hall–Kier alpha value is -1.24. The summed E-state index contributed by atoms with van der Waals surface area (Å²) in [5.74, 6) is 0.913. The first kappa shape index (κ1) is 10.9. The summed E-state index contributed by atoms with van der Waals surface area (Å²) in [6.45, 7) is 2.29. The molecule has 1 unspecified atom stereocenters. The molecule has 90 valence electrons. The van der Waals surface area contributed by atoms with Gasteiger partial charge >= 0.3 is 0 Å². The van der Waals surface area contributed by atoms with Crippen LogP contribution in [0.25, 0.3) is 10.9 Å². The molecule has 1 nitrogen and oxygen atoms in total. The molecule has 1 aromatic carbocycles. The Balaban J connectivity index is 1.87. The van der Waals surface area contributed by atoms with Gasteiger partial charge < -0.3 is 4.98 Å². The van der Waals surface area contributed by atoms with E-state index in [0.717, 1.165) is 5.92 Å². The zero-order valence-corrected chi connectivity index (χ0v) is 10.6. The van der Waals surface area contributed by atoms with E-state index in [2.05, 4.69) is 36.2 Å². The molecule has 1 heterocycles. The van der Waals surface area contributed by atoms with Crippen LogP contribution in [0.1, 0.15) is 43.9 Å². The highest BCUT2D eigenvalue weighted by atomic mass is 14.7. The molecule has 1 heteroatoms. The zero-order chi connectivity index (χ0) is 11.7. The van der Waals surface area contributed by atoms with Crippen molar-refractivity contribution in [2.75, 3.05) is 0 Å². The quantitative estimate of drug-likeness (QED) is 0.796. The number of rotatable bonds is 3. The number of H-pyrrole nitrogens is 1. The Kier molecular flexibility index (Phi) is 2.92. The molecule has 0 amide bonds. The van der Waals surface area contributed by atoms with Gasteiger partial charge in [0.2, 0.25) is 0 Å². The topological polar surface area (TPSA) is 15.8 Å². The van der Waals surface area contributed by atoms with Crippen LogP contribution in [0.4, 0.5) is 0 Å². The van der Waals surface area contributed by atoms with E-state index in [9.17, 15) is 0 Å². The van der Waals surface area contributed by atoms with Crippen molar-refractivity contribution in [2.24, 2.45) is 5.92 Å². The molecule has 2 aromatic rings. The van der Waals surface area contributed by atoms with Gasteiger partial charge in [0.05, 0.1) is 0 Å². The third-order valence-electron chi connectivity index (χ3n) is 4.16. The van der Waals surface area contributed by atoms with E-state index in [1.807, 2.05) is 0 Å². The first-order chi connectivity index (χ1) is 8.38. The van der Waals surface area contributed by atoms with Crippen LogP contribution in [0.2, 0.25) is 0 Å². The highest BCUT2D eigenvalue weighted by molar-refractivity contribution is 5.84. The van der Waals surface area contributed by atoms with Gasteiger partial charge in [-0.2, -0.15) is 0 Å². The Bertz CT molecular complexity index is 509. The summed E-state index contributed by atoms with van der Waals surface area (Å²) in [5, 5.41) is 1.46. The van der Waals surface area contributed by atoms with E-state index < -0.39 is 0 Å². The van der Waals surface area contributed by atoms with Crippen LogP contribution in [0.5, 0.6) is 0 Å². The van der Waals surface area contributed by atoms with Crippen molar-refractivity contribution in [3.63, 3.8) is 0 Å². The number of aromatic amines is 1. The van der Waals surface area contributed by atoms with E-state index in [1.54, 1.807) is 5.56 Å². The molecule has 1 aromatic heterocycles. The number of fused-ring (bicyclic) bond motifs is 3. The Morgan fingerprint density at radius 2 is 2.18 bits per heavy atom. The summed E-state index contributed by atoms with van der Waals surface area (Å²) in [7, 11) is 0. The largest absolute Gasteiger partial charge is 0.358 e. The fraction of sp³-hybridized carbons (Fsp3) is 0.500. The lowest BCUT2D eigenvalue weighted by atomic mass is 9.84. The smallest absolute Gasteiger partial charge is 0.0458 e. The number of hydrogen-bond donors (Lipinski definition) is 1. The molecule has 3 rings (SSSR count). The Morgan fingerprint density at radius 1 is 1.29 bits per heavy atom. The molecule has 0 spiro atoms. The van der Waals surface area contributed by atoms with Crippen molar-refractivity contribution in [1.82, 2.24) is 4.98 Å². The molecule has 0 aliphatic heterocycles. The molecule has 1 aliphatic carbocycles. The Labute approximate surface area is 103 Å². The monoisotopic (exact) mass is 227 g/mol. The van der Waals surface area contributed by atoms with E-state index in [1.165, 1.54) is 55.1 Å². The average molecular weight is 227 g/mol. The van der Waals surface area contributed by atoms with Crippen LogP contribution in [-0.2, 0) is 12.8 Å². The van der Waals surface area contributed by atoms with Crippen LogP contribution in [0.15, 0.2) is 24.3 Å². The molecule has 0 radical (unpaired) electrons. The zero-order valence-electron chi connectivity index (χ0n) is 10.6. The highest BCUT2D eigenvalue weighted by Crippen LogP contribution is 2.33. The van der Waals surface area contributed by atoms with Crippen LogP contribution in [0, 0.1) is 5.92 Å². The van der Waals surface area contributed by atoms with Gasteiger partial charge in [-0.1, -0.05) is 44.4 Å². The van der Waals surface area contributed by atoms with Gasteiger partial charge in [-0.25, -0.2) is 0 Å². The van der Waals surface area contributed by atoms with Crippen molar-refractivity contribution in [2.45, 2.75) is 45.4 Å². The summed E-state index contributed by atoms with van der Waals surface area (Å²) < 4.78 is 0. The molecular formula is C16H21N. The number of unbranched alkanes of at least 4 members (excludes halogenated alkanes) is 1. The lowest BCUT2D eigenvalue weighted by Crippen LogP contribution is -2.13. The number of aryl methyl sites for hydroxylation is 1. The molecule has 0 saturated heterocycles. The van der Waals surface area contributed by atoms with Gasteiger partial charge in [0.25, 0.3) is 0 Å². The standard InChI is InChI=1S/C16H21N/c1-2-3-6-12-9-10-14-13-7-4-5-8-15(13)17-16(14)11-12/h4-5,7-8,12,17H,2-3,6,9-11H2,1H3. The van der Waals surface area contributed by atoms with Crippen molar-refractivity contribution < 1.29 is 0 Å². The number of nitrogens with one attached hydrogen (secondary N) is 1. The second-order valence-electron chi connectivity index (χ2n) is 5.38. The molecule has 1 aliphatic rings. The van der Waals surface area contributed by atoms with Gasteiger partial charge in [0, 0.05) is 16.6 Å². The van der Waals surface area contributed by atoms with Crippen LogP contribution < -0.4 is 0 Å². The maximum Gasteiger partial charge on any atom is 0.0458 e. The predicted octanol–water partition coefficient (Wildman–Crippen LogP) is 4.46. The van der Waals surface area contributed by atoms with Gasteiger partial charge in [0.15, 0.2) is 0 Å². The highest BCUT2D eigenvalue weighted by Gasteiger charge is 2.21. The SMILES string of the molecule is CCCCC1CCc2c([nH]c3ccccc23)C1. The first-order valence-electron chi connectivity index (χ1n) is 6.97. The second-order valence-corrected chi connectivity index (χ2v) is 5.38. The summed E-state index contributed by atoms with van der Waals surface area (Å²) in [6, 6.07) is 8.74. The average Bonchev–Trinajstić information content (AvgIpc) is 2.74. The summed E-state index contributed by atoms with van der Waals surface area (Å²) >= 11 is 0. The number of aromatic nitrogens is 1. The van der Waals surface area contributed by atoms with Gasteiger partial charge in [-0.05, 0) is 36.8 Å². The van der Waals surface area contributed by atoms with Gasteiger partial charge in [0.1, 0.15) is 0 Å². The summed E-state index contributed by atoms with van der Waals surface area (Å²) in [4.78, 5) is 3.62. The summed E-state index contributed by atoms with van der Waals surface area (Å²) in [5.41, 5.74) is 4.43. The molecule has 1 atom stereocenters. The van der Waals surface area contributed by atoms with E-state index >= 15 is 0 Å². The fourth-order valence-corrected chi connectivity index (χ4v) is 3.19. The van der Waals surface area contributed by atoms with Crippen molar-refractivity contribution in [3.8, 4) is 0 Å². The fourth-order valence-electron chi connectivity index (χ4n) is 3.19. The third-order valence-corrected chi connectivity index (χ3v) is 4.16. The number of benzene rings is 1. The third kappa shape index (κ3) is 1.99. The molecule has 0 saturated carbocycles. The molecule has 1 N–H and O–H groups in total. The molecule has 0 fully saturated rings. The molecular weight excluding hydrogens is 206 g/mol. The summed E-state index contributed by atoms with van der Waals surface area (Å²) in [6.07, 6.45) is 8.05. The van der Waals surface area contributed by atoms with Gasteiger partial charge in [-0.15, -0.1) is 0 Å². The van der Waals surface area contributed by atoms with Crippen LogP contribution >= 0.6 is 0 Å². The van der Waals surface area contributed by atoms with E-state index in [0.29, 0.717) is 0 Å². The number of hydrogen-bond acceptors (Lipinski definition) is 0. The minimum absolute atomic E-state index is 0.913. The minimum atomic E-state index is 0.913. The Morgan fingerprint density at radius 3 is 3.06 bits per heavy atom. The maximum absolute atomic E-state index is 3.62. The molecule has 17 heavy (non-hydrogen) atoms. The lowest BCUT2D eigenvalue weighted by molar-refractivity contribution is 0.410. The van der Waals surface area contributed by atoms with E-state index in [4.69, 9.17) is 0 Å². The van der Waals surface area contributed by atoms with Crippen molar-refractivity contribution >= 4 is 10.9 Å². The van der Waals surface area contributed by atoms with Crippen molar-refractivity contribution in [3.05, 3.63) is 35.5 Å². The van der Waals surface area contributed by atoms with E-state index in [-0.39, 0.29) is 0 Å². The normalized spacial score (nSPS) is 19.5. The van der Waals surface area contributed by atoms with Crippen LogP contribution in [0.3, 0.4) is 0 Å². The minimum Gasteiger partial charge on any atom is -0.358 e. The first-order valence-corrected chi connectivity index (χ1v) is 6.97. The van der Waals surface area contributed by atoms with Crippen molar-refractivity contribution in [1.29, 1.82) is 0 Å². The second kappa shape index (κ2) is 4.56. The molecule has 0 bridgehead atoms. The predicted molar refractivity (Wildman–Crippen MR) is 73.3 cm³/mol.